The van der Waals surface area contributed by atoms with Crippen LogP contribution in [0.1, 0.15) is 25.5 Å². The molecule has 0 atom stereocenters. The Kier molecular flexibility index (Phi) is 2.88. The number of H-pyrrole nitrogens is 1. The van der Waals surface area contributed by atoms with E-state index < -0.39 is 0 Å². The number of rotatable bonds is 2. The average Bonchev–Trinajstić information content (AvgIpc) is 2.60. The van der Waals surface area contributed by atoms with Crippen molar-refractivity contribution in [2.45, 2.75) is 19.8 Å². The van der Waals surface area contributed by atoms with E-state index in [1.165, 1.54) is 0 Å². The minimum absolute atomic E-state index is 0.133. The minimum atomic E-state index is -0.133. The summed E-state index contributed by atoms with van der Waals surface area (Å²) in [5.74, 6) is 0.276. The molecule has 0 fully saturated rings. The highest BCUT2D eigenvalue weighted by Gasteiger charge is 2.11. The molecule has 0 unspecified atom stereocenters. The molecule has 84 valence electrons. The van der Waals surface area contributed by atoms with E-state index in [1.807, 2.05) is 26.0 Å². The second-order valence-corrected chi connectivity index (χ2v) is 4.43. The molecule has 1 aromatic carbocycles. The quantitative estimate of drug-likeness (QED) is 0.855. The van der Waals surface area contributed by atoms with Crippen LogP contribution in [0.5, 0.6) is 0 Å². The Morgan fingerprint density at radius 1 is 1.38 bits per heavy atom. The molecule has 0 bridgehead atoms. The number of benzene rings is 1. The predicted molar refractivity (Wildman–Crippen MR) is 65.5 cm³/mol. The van der Waals surface area contributed by atoms with Gasteiger partial charge in [0.15, 0.2) is 0 Å². The molecule has 0 aliphatic carbocycles. The van der Waals surface area contributed by atoms with Crippen molar-refractivity contribution < 1.29 is 0 Å². The van der Waals surface area contributed by atoms with Gasteiger partial charge >= 0.3 is 5.69 Å². The second kappa shape index (κ2) is 4.18. The summed E-state index contributed by atoms with van der Waals surface area (Å²) in [6.07, 6.45) is 1.74. The zero-order valence-corrected chi connectivity index (χ0v) is 9.95. The van der Waals surface area contributed by atoms with Gasteiger partial charge in [0.1, 0.15) is 0 Å². The summed E-state index contributed by atoms with van der Waals surface area (Å²) < 4.78 is 1.65. The van der Waals surface area contributed by atoms with E-state index >= 15 is 0 Å². The van der Waals surface area contributed by atoms with Crippen LogP contribution in [-0.4, -0.2) is 9.55 Å². The van der Waals surface area contributed by atoms with Gasteiger partial charge in [-0.2, -0.15) is 0 Å². The fourth-order valence-corrected chi connectivity index (χ4v) is 1.87. The SMILES string of the molecule is CC(C)c1c[nH]c(=O)n1-c1cccc(Cl)c1. The Labute approximate surface area is 98.7 Å². The molecule has 3 nitrogen and oxygen atoms in total. The number of hydrogen-bond acceptors (Lipinski definition) is 1. The summed E-state index contributed by atoms with van der Waals surface area (Å²) in [7, 11) is 0. The molecule has 1 heterocycles. The normalized spacial score (nSPS) is 11.0. The highest BCUT2D eigenvalue weighted by molar-refractivity contribution is 6.30. The average molecular weight is 237 g/mol. The Morgan fingerprint density at radius 3 is 2.75 bits per heavy atom. The van der Waals surface area contributed by atoms with E-state index in [0.717, 1.165) is 11.4 Å². The van der Waals surface area contributed by atoms with Crippen molar-refractivity contribution in [1.29, 1.82) is 0 Å². The maximum absolute atomic E-state index is 11.7. The zero-order valence-electron chi connectivity index (χ0n) is 9.20. The Bertz CT molecular complexity index is 554. The first-order valence-electron chi connectivity index (χ1n) is 5.16. The number of aromatic amines is 1. The molecule has 16 heavy (non-hydrogen) atoms. The van der Waals surface area contributed by atoms with E-state index in [9.17, 15) is 4.79 Å². The topological polar surface area (TPSA) is 37.8 Å². The first kappa shape index (κ1) is 11.0. The minimum Gasteiger partial charge on any atom is -0.312 e. The molecule has 0 amide bonds. The molecule has 0 aliphatic rings. The van der Waals surface area contributed by atoms with Crippen molar-refractivity contribution in [1.82, 2.24) is 9.55 Å². The maximum atomic E-state index is 11.7. The van der Waals surface area contributed by atoms with E-state index in [-0.39, 0.29) is 11.6 Å². The van der Waals surface area contributed by atoms with E-state index in [2.05, 4.69) is 4.98 Å². The molecule has 1 aromatic heterocycles. The fourth-order valence-electron chi connectivity index (χ4n) is 1.69. The van der Waals surface area contributed by atoms with Crippen LogP contribution in [-0.2, 0) is 0 Å². The Hall–Kier alpha value is -1.48. The van der Waals surface area contributed by atoms with Gasteiger partial charge in [-0.05, 0) is 24.1 Å². The standard InChI is InChI=1S/C12H13ClN2O/c1-8(2)11-7-14-12(16)15(11)10-5-3-4-9(13)6-10/h3-8H,1-2H3,(H,14,16). The third kappa shape index (κ3) is 1.91. The van der Waals surface area contributed by atoms with E-state index in [1.54, 1.807) is 22.9 Å². The van der Waals surface area contributed by atoms with Crippen molar-refractivity contribution in [3.05, 3.63) is 51.7 Å². The molecule has 2 rings (SSSR count). The molecule has 0 aliphatic heterocycles. The maximum Gasteiger partial charge on any atom is 0.330 e. The lowest BCUT2D eigenvalue weighted by molar-refractivity contribution is 0.776. The van der Waals surface area contributed by atoms with Crippen LogP contribution >= 0.6 is 11.6 Å². The molecule has 1 N–H and O–H groups in total. The summed E-state index contributed by atoms with van der Waals surface area (Å²) in [5, 5.41) is 0.625. The fraction of sp³-hybridized carbons (Fsp3) is 0.250. The first-order valence-corrected chi connectivity index (χ1v) is 5.53. The molecule has 4 heteroatoms. The monoisotopic (exact) mass is 236 g/mol. The van der Waals surface area contributed by atoms with Gasteiger partial charge in [-0.25, -0.2) is 4.79 Å². The van der Waals surface area contributed by atoms with Gasteiger partial charge in [-0.15, -0.1) is 0 Å². The van der Waals surface area contributed by atoms with Gasteiger partial charge in [-0.3, -0.25) is 4.57 Å². The largest absolute Gasteiger partial charge is 0.330 e. The van der Waals surface area contributed by atoms with Crippen LogP contribution in [0, 0.1) is 0 Å². The number of halogens is 1. The van der Waals surface area contributed by atoms with Gasteiger partial charge in [0.25, 0.3) is 0 Å². The molecule has 0 radical (unpaired) electrons. The van der Waals surface area contributed by atoms with Crippen molar-refractivity contribution in [2.24, 2.45) is 0 Å². The van der Waals surface area contributed by atoms with Crippen molar-refractivity contribution in [3.63, 3.8) is 0 Å². The van der Waals surface area contributed by atoms with Gasteiger partial charge in [0, 0.05) is 16.9 Å². The summed E-state index contributed by atoms with van der Waals surface area (Å²) in [6.45, 7) is 4.09. The molecule has 0 saturated carbocycles. The number of nitrogens with one attached hydrogen (secondary N) is 1. The van der Waals surface area contributed by atoms with Crippen LogP contribution in [0.4, 0.5) is 0 Å². The predicted octanol–water partition coefficient (Wildman–Crippen LogP) is 2.94. The van der Waals surface area contributed by atoms with Crippen LogP contribution in [0.15, 0.2) is 35.3 Å². The number of imidazole rings is 1. The lowest BCUT2D eigenvalue weighted by Gasteiger charge is -2.09. The highest BCUT2D eigenvalue weighted by atomic mass is 35.5. The lowest BCUT2D eigenvalue weighted by Crippen LogP contribution is -2.17. The van der Waals surface area contributed by atoms with Crippen LogP contribution in [0.2, 0.25) is 5.02 Å². The summed E-state index contributed by atoms with van der Waals surface area (Å²) in [4.78, 5) is 14.4. The molecule has 0 spiro atoms. The number of aromatic nitrogens is 2. The molecule has 2 aromatic rings. The van der Waals surface area contributed by atoms with Gasteiger partial charge < -0.3 is 4.98 Å². The van der Waals surface area contributed by atoms with Gasteiger partial charge in [-0.1, -0.05) is 31.5 Å². The number of hydrogen-bond donors (Lipinski definition) is 1. The molecule has 0 saturated heterocycles. The summed E-state index contributed by atoms with van der Waals surface area (Å²) in [5.41, 5.74) is 1.61. The lowest BCUT2D eigenvalue weighted by atomic mass is 10.1. The highest BCUT2D eigenvalue weighted by Crippen LogP contribution is 2.19. The molecular formula is C12H13ClN2O. The van der Waals surface area contributed by atoms with Crippen LogP contribution in [0.3, 0.4) is 0 Å². The van der Waals surface area contributed by atoms with Gasteiger partial charge in [0.2, 0.25) is 0 Å². The Morgan fingerprint density at radius 2 is 2.12 bits per heavy atom. The smallest absolute Gasteiger partial charge is 0.312 e. The first-order chi connectivity index (χ1) is 7.59. The van der Waals surface area contributed by atoms with Crippen LogP contribution < -0.4 is 5.69 Å². The van der Waals surface area contributed by atoms with Crippen molar-refractivity contribution in [2.75, 3.05) is 0 Å². The molecular weight excluding hydrogens is 224 g/mol. The third-order valence-electron chi connectivity index (χ3n) is 2.46. The Balaban J connectivity index is 2.63. The zero-order chi connectivity index (χ0) is 11.7. The third-order valence-corrected chi connectivity index (χ3v) is 2.70. The second-order valence-electron chi connectivity index (χ2n) is 3.99. The van der Waals surface area contributed by atoms with Crippen molar-refractivity contribution in [3.8, 4) is 5.69 Å². The van der Waals surface area contributed by atoms with Crippen molar-refractivity contribution >= 4 is 11.6 Å². The van der Waals surface area contributed by atoms with E-state index in [0.29, 0.717) is 5.02 Å². The number of nitrogens with zero attached hydrogens (tertiary/aromatic N) is 1. The van der Waals surface area contributed by atoms with Gasteiger partial charge in [0.05, 0.1) is 5.69 Å². The van der Waals surface area contributed by atoms with E-state index in [4.69, 9.17) is 11.6 Å². The summed E-state index contributed by atoms with van der Waals surface area (Å²) >= 11 is 5.92. The van der Waals surface area contributed by atoms with Crippen LogP contribution in [0.25, 0.3) is 5.69 Å². The summed E-state index contributed by atoms with van der Waals surface area (Å²) in [6, 6.07) is 7.27.